The monoisotopic (exact) mass is 340 g/mol. The highest BCUT2D eigenvalue weighted by Gasteiger charge is 2.15. The largest absolute Gasteiger partial charge is 0.323 e. The van der Waals surface area contributed by atoms with Crippen LogP contribution in [0, 0.1) is 0 Å². The van der Waals surface area contributed by atoms with Crippen LogP contribution in [0.1, 0.15) is 50.3 Å². The van der Waals surface area contributed by atoms with Crippen molar-refractivity contribution in [1.82, 2.24) is 24.8 Å². The lowest BCUT2D eigenvalue weighted by Crippen LogP contribution is -2.10. The average Bonchev–Trinajstić information content (AvgIpc) is 3.04. The SMILES string of the molecule is CCc1nn(CC)c(Cn2cc(C(N)CC)nn2)c1Br. The molecular weight excluding hydrogens is 320 g/mol. The van der Waals surface area contributed by atoms with Gasteiger partial charge >= 0.3 is 0 Å². The summed E-state index contributed by atoms with van der Waals surface area (Å²) in [6.07, 6.45) is 3.68. The summed E-state index contributed by atoms with van der Waals surface area (Å²) in [4.78, 5) is 0. The average molecular weight is 341 g/mol. The molecule has 2 rings (SSSR count). The van der Waals surface area contributed by atoms with E-state index in [0.29, 0.717) is 6.54 Å². The second-order valence-corrected chi connectivity index (χ2v) is 5.53. The lowest BCUT2D eigenvalue weighted by atomic mass is 10.2. The fourth-order valence-electron chi connectivity index (χ4n) is 2.09. The maximum Gasteiger partial charge on any atom is 0.0994 e. The van der Waals surface area contributed by atoms with Crippen molar-refractivity contribution in [2.24, 2.45) is 5.73 Å². The summed E-state index contributed by atoms with van der Waals surface area (Å²) >= 11 is 3.64. The van der Waals surface area contributed by atoms with Crippen molar-refractivity contribution in [2.45, 2.75) is 52.7 Å². The van der Waals surface area contributed by atoms with Crippen LogP contribution in [0.3, 0.4) is 0 Å². The molecule has 2 aromatic rings. The molecule has 1 unspecified atom stereocenters. The lowest BCUT2D eigenvalue weighted by Gasteiger charge is -2.05. The zero-order valence-electron chi connectivity index (χ0n) is 12.2. The minimum atomic E-state index is -0.0468. The summed E-state index contributed by atoms with van der Waals surface area (Å²) in [5.74, 6) is 0. The van der Waals surface area contributed by atoms with Gasteiger partial charge in [-0.3, -0.25) is 4.68 Å². The predicted molar refractivity (Wildman–Crippen MR) is 81.3 cm³/mol. The second kappa shape index (κ2) is 6.49. The molecule has 0 spiro atoms. The van der Waals surface area contributed by atoms with Crippen LogP contribution in [0.25, 0.3) is 0 Å². The van der Waals surface area contributed by atoms with Crippen molar-refractivity contribution in [3.63, 3.8) is 0 Å². The molecule has 0 saturated heterocycles. The van der Waals surface area contributed by atoms with Gasteiger partial charge in [0.1, 0.15) is 0 Å². The van der Waals surface area contributed by atoms with E-state index in [-0.39, 0.29) is 6.04 Å². The molecule has 0 aliphatic carbocycles. The van der Waals surface area contributed by atoms with Crippen LogP contribution in [0.15, 0.2) is 10.7 Å². The first-order chi connectivity index (χ1) is 9.60. The molecule has 7 heteroatoms. The normalized spacial score (nSPS) is 12.8. The van der Waals surface area contributed by atoms with Gasteiger partial charge in [0, 0.05) is 6.54 Å². The number of aryl methyl sites for hydroxylation is 2. The first kappa shape index (κ1) is 15.2. The van der Waals surface area contributed by atoms with E-state index in [1.54, 1.807) is 0 Å². The number of aromatic nitrogens is 5. The highest BCUT2D eigenvalue weighted by Crippen LogP contribution is 2.23. The van der Waals surface area contributed by atoms with Crippen LogP contribution in [0.5, 0.6) is 0 Å². The Morgan fingerprint density at radius 3 is 2.70 bits per heavy atom. The molecule has 2 aromatic heterocycles. The third kappa shape index (κ3) is 2.93. The second-order valence-electron chi connectivity index (χ2n) is 4.73. The topological polar surface area (TPSA) is 74.5 Å². The number of nitrogens with two attached hydrogens (primary N) is 1. The van der Waals surface area contributed by atoms with E-state index in [1.807, 2.05) is 22.5 Å². The summed E-state index contributed by atoms with van der Waals surface area (Å²) in [6, 6.07) is -0.0468. The van der Waals surface area contributed by atoms with Gasteiger partial charge in [-0.2, -0.15) is 5.10 Å². The smallest absolute Gasteiger partial charge is 0.0994 e. The van der Waals surface area contributed by atoms with Crippen molar-refractivity contribution < 1.29 is 0 Å². The van der Waals surface area contributed by atoms with Crippen LogP contribution in [-0.2, 0) is 19.5 Å². The van der Waals surface area contributed by atoms with E-state index in [1.165, 1.54) is 0 Å². The summed E-state index contributed by atoms with van der Waals surface area (Å²) in [5, 5.41) is 12.9. The van der Waals surface area contributed by atoms with Gasteiger partial charge in [0.05, 0.1) is 40.3 Å². The number of hydrogen-bond donors (Lipinski definition) is 1. The predicted octanol–water partition coefficient (Wildman–Crippen LogP) is 2.28. The van der Waals surface area contributed by atoms with Crippen molar-refractivity contribution >= 4 is 15.9 Å². The zero-order valence-corrected chi connectivity index (χ0v) is 13.8. The van der Waals surface area contributed by atoms with Crippen LogP contribution in [0.4, 0.5) is 0 Å². The molecule has 0 aromatic carbocycles. The highest BCUT2D eigenvalue weighted by molar-refractivity contribution is 9.10. The van der Waals surface area contributed by atoms with E-state index in [4.69, 9.17) is 5.73 Å². The van der Waals surface area contributed by atoms with E-state index < -0.39 is 0 Å². The number of halogens is 1. The Morgan fingerprint density at radius 2 is 2.10 bits per heavy atom. The molecule has 110 valence electrons. The molecule has 20 heavy (non-hydrogen) atoms. The van der Waals surface area contributed by atoms with E-state index in [2.05, 4.69) is 45.2 Å². The molecule has 2 heterocycles. The van der Waals surface area contributed by atoms with Gasteiger partial charge in [0.2, 0.25) is 0 Å². The minimum Gasteiger partial charge on any atom is -0.323 e. The number of hydrogen-bond acceptors (Lipinski definition) is 4. The van der Waals surface area contributed by atoms with Gasteiger partial charge in [-0.15, -0.1) is 5.10 Å². The third-order valence-electron chi connectivity index (χ3n) is 3.38. The zero-order chi connectivity index (χ0) is 14.7. The Balaban J connectivity index is 2.25. The molecule has 0 aliphatic heterocycles. The summed E-state index contributed by atoms with van der Waals surface area (Å²) in [5.41, 5.74) is 9.00. The van der Waals surface area contributed by atoms with Gasteiger partial charge < -0.3 is 5.73 Å². The summed E-state index contributed by atoms with van der Waals surface area (Å²) in [7, 11) is 0. The first-order valence-electron chi connectivity index (χ1n) is 7.00. The Kier molecular flexibility index (Phi) is 4.93. The van der Waals surface area contributed by atoms with Crippen LogP contribution < -0.4 is 5.73 Å². The fourth-order valence-corrected chi connectivity index (χ4v) is 2.78. The van der Waals surface area contributed by atoms with Crippen molar-refractivity contribution in [3.05, 3.63) is 27.8 Å². The summed E-state index contributed by atoms with van der Waals surface area (Å²) < 4.78 is 4.89. The minimum absolute atomic E-state index is 0.0468. The highest BCUT2D eigenvalue weighted by atomic mass is 79.9. The summed E-state index contributed by atoms with van der Waals surface area (Å²) in [6.45, 7) is 7.71. The van der Waals surface area contributed by atoms with Crippen LogP contribution in [-0.4, -0.2) is 24.8 Å². The van der Waals surface area contributed by atoms with Crippen LogP contribution in [0.2, 0.25) is 0 Å². The Labute approximate surface area is 127 Å². The standard InChI is InChI=1S/C13H21BrN6/c1-4-9(15)11-7-19(18-16-11)8-12-13(14)10(5-2)17-20(12)6-3/h7,9H,4-6,8,15H2,1-3H3. The maximum absolute atomic E-state index is 5.97. The van der Waals surface area contributed by atoms with Gasteiger partial charge in [-0.05, 0) is 35.7 Å². The Bertz CT molecular complexity index is 573. The van der Waals surface area contributed by atoms with Gasteiger partial charge in [0.15, 0.2) is 0 Å². The Morgan fingerprint density at radius 1 is 1.35 bits per heavy atom. The van der Waals surface area contributed by atoms with E-state index >= 15 is 0 Å². The molecule has 0 bridgehead atoms. The molecule has 0 radical (unpaired) electrons. The molecule has 6 nitrogen and oxygen atoms in total. The maximum atomic E-state index is 5.97. The number of nitrogens with zero attached hydrogens (tertiary/aromatic N) is 5. The van der Waals surface area contributed by atoms with Gasteiger partial charge in [-0.1, -0.05) is 19.1 Å². The lowest BCUT2D eigenvalue weighted by molar-refractivity contribution is 0.562. The quantitative estimate of drug-likeness (QED) is 0.875. The molecule has 0 saturated carbocycles. The third-order valence-corrected chi connectivity index (χ3v) is 4.30. The van der Waals surface area contributed by atoms with Crippen molar-refractivity contribution in [1.29, 1.82) is 0 Å². The molecule has 0 aliphatic rings. The van der Waals surface area contributed by atoms with Crippen LogP contribution >= 0.6 is 15.9 Å². The van der Waals surface area contributed by atoms with Crippen molar-refractivity contribution in [2.75, 3.05) is 0 Å². The Hall–Kier alpha value is -1.21. The molecule has 2 N–H and O–H groups in total. The molecular formula is C13H21BrN6. The van der Waals surface area contributed by atoms with Crippen molar-refractivity contribution in [3.8, 4) is 0 Å². The van der Waals surface area contributed by atoms with Gasteiger partial charge in [0.25, 0.3) is 0 Å². The first-order valence-corrected chi connectivity index (χ1v) is 7.79. The number of rotatable bonds is 6. The van der Waals surface area contributed by atoms with E-state index in [0.717, 1.165) is 40.9 Å². The molecule has 0 amide bonds. The van der Waals surface area contributed by atoms with E-state index in [9.17, 15) is 0 Å². The van der Waals surface area contributed by atoms with Gasteiger partial charge in [-0.25, -0.2) is 4.68 Å². The molecule has 1 atom stereocenters. The molecule has 0 fully saturated rings. The fraction of sp³-hybridized carbons (Fsp3) is 0.615.